The Morgan fingerprint density at radius 3 is 0.800 bits per heavy atom. The maximum Gasteiger partial charge on any atom is 0.416 e. The van der Waals surface area contributed by atoms with Gasteiger partial charge in [-0.1, -0.05) is 258 Å². The minimum atomic E-state index is -4.45. The molecule has 0 nitrogen and oxygen atoms in total. The third-order valence-corrected chi connectivity index (χ3v) is 15.7. The number of hydrogen-bond acceptors (Lipinski definition) is 0. The third-order valence-electron chi connectivity index (χ3n) is 14.9. The zero-order valence-electron chi connectivity index (χ0n) is 43.2. The highest BCUT2D eigenvalue weighted by atomic mass is 79.9. The molecule has 0 spiro atoms. The molecule has 12 aromatic carbocycles. The van der Waals surface area contributed by atoms with Gasteiger partial charge in [-0.25, -0.2) is 4.39 Å². The summed E-state index contributed by atoms with van der Waals surface area (Å²) in [5.74, 6) is -0.299. The first-order valence-corrected chi connectivity index (χ1v) is 27.4. The molecular formula is C74H48BrClF4. The van der Waals surface area contributed by atoms with Gasteiger partial charge in [0, 0.05) is 9.50 Å². The first-order valence-electron chi connectivity index (χ1n) is 26.3. The second-order valence-electron chi connectivity index (χ2n) is 20.0. The summed E-state index contributed by atoms with van der Waals surface area (Å²) in [6.07, 6.45) is -4.45. The molecule has 6 heteroatoms. The van der Waals surface area contributed by atoms with Gasteiger partial charge in [0.25, 0.3) is 0 Å². The molecule has 0 unspecified atom stereocenters. The van der Waals surface area contributed by atoms with Crippen LogP contribution in [-0.4, -0.2) is 0 Å². The first kappa shape index (κ1) is 51.9. The lowest BCUT2D eigenvalue weighted by molar-refractivity contribution is -0.137. The monoisotopic (exact) mass is 1130 g/mol. The van der Waals surface area contributed by atoms with Crippen molar-refractivity contribution >= 4 is 27.5 Å². The Morgan fingerprint density at radius 1 is 0.275 bits per heavy atom. The molecule has 0 atom stereocenters. The van der Waals surface area contributed by atoms with E-state index in [0.29, 0.717) is 10.6 Å². The van der Waals surface area contributed by atoms with Crippen molar-refractivity contribution < 1.29 is 17.6 Å². The lowest BCUT2D eigenvalue weighted by Gasteiger charge is -2.29. The van der Waals surface area contributed by atoms with Crippen LogP contribution in [0.15, 0.2) is 277 Å². The van der Waals surface area contributed by atoms with Gasteiger partial charge in [-0.05, 0) is 178 Å². The fourth-order valence-electron chi connectivity index (χ4n) is 10.8. The van der Waals surface area contributed by atoms with Crippen molar-refractivity contribution in [3.8, 4) is 122 Å². The van der Waals surface area contributed by atoms with E-state index in [1.807, 2.05) is 42.5 Å². The van der Waals surface area contributed by atoms with Crippen LogP contribution in [0, 0.1) is 12.7 Å². The normalized spacial score (nSPS) is 11.4. The Morgan fingerprint density at radius 2 is 0.500 bits per heavy atom. The first-order chi connectivity index (χ1) is 38.9. The van der Waals surface area contributed by atoms with Gasteiger partial charge < -0.3 is 0 Å². The number of benzene rings is 12. The number of rotatable bonds is 11. The fraction of sp³-hybridized carbons (Fsp3) is 0.0270. The molecule has 12 rings (SSSR count). The van der Waals surface area contributed by atoms with E-state index >= 15 is 0 Å². The van der Waals surface area contributed by atoms with Crippen molar-refractivity contribution in [2.45, 2.75) is 13.1 Å². The van der Waals surface area contributed by atoms with E-state index in [2.05, 4.69) is 205 Å². The highest BCUT2D eigenvalue weighted by Crippen LogP contribution is 2.56. The summed E-state index contributed by atoms with van der Waals surface area (Å²) in [6, 6.07) is 90.4. The van der Waals surface area contributed by atoms with Gasteiger partial charge in [-0.3, -0.25) is 0 Å². The molecule has 0 heterocycles. The van der Waals surface area contributed by atoms with Crippen molar-refractivity contribution in [3.63, 3.8) is 0 Å². The summed E-state index contributed by atoms with van der Waals surface area (Å²) in [6.45, 7) is 2.09. The van der Waals surface area contributed by atoms with Crippen LogP contribution in [-0.2, 0) is 6.18 Å². The SMILES string of the molecule is Cc1ccc(-c2ccc(-c3c(-c4ccc(-c5ccc(C(F)(F)F)cc5)cc4)c(-c4ccccc4)c(-c4ccc(-c5ccc(F)cc5)cc4)c(-c4ccc(-c5ccc(Cl)cc5)cc4)c3-c3ccc(-c4ccc(Br)cc4)cc3)cc2)cc1. The minimum absolute atomic E-state index is 0.299. The van der Waals surface area contributed by atoms with Crippen LogP contribution in [0.4, 0.5) is 17.6 Å². The number of alkyl halides is 3. The molecule has 0 saturated heterocycles. The van der Waals surface area contributed by atoms with E-state index in [-0.39, 0.29) is 5.82 Å². The molecule has 0 aliphatic rings. The fourth-order valence-corrected chi connectivity index (χ4v) is 11.1. The topological polar surface area (TPSA) is 0 Å². The molecule has 80 heavy (non-hydrogen) atoms. The maximum atomic E-state index is 14.3. The smallest absolute Gasteiger partial charge is 0.207 e. The third kappa shape index (κ3) is 10.7. The van der Waals surface area contributed by atoms with E-state index in [9.17, 15) is 17.6 Å². The zero-order valence-corrected chi connectivity index (χ0v) is 45.6. The molecule has 0 amide bonds. The molecule has 0 aliphatic heterocycles. The van der Waals surface area contributed by atoms with E-state index in [4.69, 9.17) is 11.6 Å². The van der Waals surface area contributed by atoms with Gasteiger partial charge in [0.15, 0.2) is 0 Å². The minimum Gasteiger partial charge on any atom is -0.207 e. The van der Waals surface area contributed by atoms with Gasteiger partial charge in [0.05, 0.1) is 5.56 Å². The molecular weight excluding hydrogens is 1080 g/mol. The van der Waals surface area contributed by atoms with Crippen LogP contribution in [0.1, 0.15) is 11.1 Å². The molecule has 0 aromatic heterocycles. The average molecular weight is 1130 g/mol. The summed E-state index contributed by atoms with van der Waals surface area (Å²) in [5, 5.41) is 0.665. The highest BCUT2D eigenvalue weighted by Gasteiger charge is 2.31. The Bertz CT molecular complexity index is 4120. The predicted octanol–water partition coefficient (Wildman–Crippen LogP) is 22.9. The maximum absolute atomic E-state index is 14.3. The van der Waals surface area contributed by atoms with Gasteiger partial charge in [0.1, 0.15) is 5.82 Å². The molecule has 0 radical (unpaired) electrons. The van der Waals surface area contributed by atoms with Crippen LogP contribution >= 0.6 is 27.5 Å². The summed E-state index contributed by atoms with van der Waals surface area (Å²) < 4.78 is 56.7. The Kier molecular flexibility index (Phi) is 14.3. The van der Waals surface area contributed by atoms with Crippen LogP contribution in [0.3, 0.4) is 0 Å². The average Bonchev–Trinajstić information content (AvgIpc) is 3.52. The van der Waals surface area contributed by atoms with Gasteiger partial charge in [0.2, 0.25) is 0 Å². The van der Waals surface area contributed by atoms with Crippen molar-refractivity contribution in [2.24, 2.45) is 0 Å². The van der Waals surface area contributed by atoms with Crippen LogP contribution in [0.25, 0.3) is 122 Å². The summed E-state index contributed by atoms with van der Waals surface area (Å²) >= 11 is 10.0. The molecule has 0 N–H and O–H groups in total. The molecule has 0 saturated carbocycles. The van der Waals surface area contributed by atoms with Crippen molar-refractivity contribution in [1.82, 2.24) is 0 Å². The molecule has 12 aromatic rings. The van der Waals surface area contributed by atoms with E-state index < -0.39 is 11.7 Å². The number of halogens is 6. The quantitative estimate of drug-likeness (QED) is 0.113. The summed E-state index contributed by atoms with van der Waals surface area (Å²) in [4.78, 5) is 0. The summed E-state index contributed by atoms with van der Waals surface area (Å²) in [7, 11) is 0. The van der Waals surface area contributed by atoms with Crippen LogP contribution < -0.4 is 0 Å². The largest absolute Gasteiger partial charge is 0.416 e. The predicted molar refractivity (Wildman–Crippen MR) is 329 cm³/mol. The van der Waals surface area contributed by atoms with Crippen molar-refractivity contribution in [2.75, 3.05) is 0 Å². The Hall–Kier alpha value is -8.87. The Labute approximate surface area is 477 Å². The lowest BCUT2D eigenvalue weighted by Crippen LogP contribution is -2.04. The molecule has 0 aliphatic carbocycles. The van der Waals surface area contributed by atoms with E-state index in [1.54, 1.807) is 12.1 Å². The Balaban J connectivity index is 1.21. The number of aryl methyl sites for hydroxylation is 1. The van der Waals surface area contributed by atoms with Crippen LogP contribution in [0.2, 0.25) is 5.02 Å². The zero-order chi connectivity index (χ0) is 54.9. The van der Waals surface area contributed by atoms with Crippen LogP contribution in [0.5, 0.6) is 0 Å². The van der Waals surface area contributed by atoms with Gasteiger partial charge in [-0.2, -0.15) is 13.2 Å². The molecule has 0 bridgehead atoms. The van der Waals surface area contributed by atoms with Gasteiger partial charge in [-0.15, -0.1) is 0 Å². The lowest BCUT2D eigenvalue weighted by atomic mass is 9.73. The van der Waals surface area contributed by atoms with E-state index in [0.717, 1.165) is 133 Å². The second kappa shape index (κ2) is 22.1. The summed E-state index contributed by atoms with van der Waals surface area (Å²) in [5.41, 5.74) is 22.0. The van der Waals surface area contributed by atoms with E-state index in [1.165, 1.54) is 29.8 Å². The molecule has 386 valence electrons. The van der Waals surface area contributed by atoms with Gasteiger partial charge >= 0.3 is 6.18 Å². The van der Waals surface area contributed by atoms with Crippen molar-refractivity contribution in [1.29, 1.82) is 0 Å². The number of hydrogen-bond donors (Lipinski definition) is 0. The standard InChI is InChI=1S/C74H48BrClF4/c1-47-7-9-48(10-8-47)49-11-21-61(22-12-49)71-69(59-23-13-50(14-24-59)54-31-39-64(40-32-54)74(78,79)80)68(58-5-3-2-4-6-58)70(60-29-19-53(20-30-60)57-37-45-67(77)46-38-57)72(62-27-17-52(18-28-62)56-35-43-66(76)44-36-56)73(71)63-25-15-51(16-26-63)55-33-41-65(75)42-34-55/h2-46H,1H3. The van der Waals surface area contributed by atoms with Crippen molar-refractivity contribution in [3.05, 3.63) is 299 Å². The second-order valence-corrected chi connectivity index (χ2v) is 21.3. The highest BCUT2D eigenvalue weighted by molar-refractivity contribution is 9.10. The molecule has 0 fully saturated rings.